The van der Waals surface area contributed by atoms with Gasteiger partial charge in [0, 0.05) is 17.2 Å². The molecule has 0 fully saturated rings. The van der Waals surface area contributed by atoms with Gasteiger partial charge in [-0.3, -0.25) is 0 Å². The van der Waals surface area contributed by atoms with E-state index in [1.165, 1.54) is 20.3 Å². The van der Waals surface area contributed by atoms with Crippen molar-refractivity contribution in [1.82, 2.24) is 0 Å². The highest BCUT2D eigenvalue weighted by atomic mass is 35.5. The number of benzene rings is 2. The van der Waals surface area contributed by atoms with Gasteiger partial charge in [0.25, 0.3) is 0 Å². The van der Waals surface area contributed by atoms with Crippen molar-refractivity contribution >= 4 is 11.6 Å². The minimum absolute atomic E-state index is 0.0716. The van der Waals surface area contributed by atoms with E-state index in [1.807, 2.05) is 0 Å². The molecule has 0 heterocycles. The largest absolute Gasteiger partial charge is 0.507 e. The molecule has 0 aliphatic heterocycles. The molecule has 0 aliphatic carbocycles. The van der Waals surface area contributed by atoms with Crippen LogP contribution in [0.4, 0.5) is 4.39 Å². The van der Waals surface area contributed by atoms with Crippen LogP contribution in [0.5, 0.6) is 17.2 Å². The fraction of sp³-hybridized carbons (Fsp3) is 0.143. The fourth-order valence-corrected chi connectivity index (χ4v) is 1.94. The second kappa shape index (κ2) is 5.36. The average Bonchev–Trinajstić information content (AvgIpc) is 2.42. The van der Waals surface area contributed by atoms with Gasteiger partial charge in [-0.1, -0.05) is 11.6 Å². The monoisotopic (exact) mass is 282 g/mol. The van der Waals surface area contributed by atoms with E-state index >= 15 is 0 Å². The van der Waals surface area contributed by atoms with Gasteiger partial charge in [0.1, 0.15) is 23.1 Å². The van der Waals surface area contributed by atoms with Crippen molar-refractivity contribution in [3.05, 3.63) is 41.2 Å². The van der Waals surface area contributed by atoms with Crippen LogP contribution in [0.1, 0.15) is 0 Å². The molecule has 0 atom stereocenters. The molecule has 1 N–H and O–H groups in total. The molecular weight excluding hydrogens is 271 g/mol. The van der Waals surface area contributed by atoms with E-state index in [2.05, 4.69) is 0 Å². The van der Waals surface area contributed by atoms with E-state index < -0.39 is 5.82 Å². The van der Waals surface area contributed by atoms with Gasteiger partial charge < -0.3 is 14.6 Å². The lowest BCUT2D eigenvalue weighted by Gasteiger charge is -2.12. The molecular formula is C14H12ClFO3. The van der Waals surface area contributed by atoms with E-state index in [9.17, 15) is 9.50 Å². The lowest BCUT2D eigenvalue weighted by molar-refractivity contribution is 0.404. The molecule has 0 unspecified atom stereocenters. The van der Waals surface area contributed by atoms with Gasteiger partial charge in [0.2, 0.25) is 0 Å². The second-order valence-electron chi connectivity index (χ2n) is 3.85. The van der Waals surface area contributed by atoms with Crippen LogP contribution in [0.15, 0.2) is 30.3 Å². The Morgan fingerprint density at radius 3 is 2.42 bits per heavy atom. The summed E-state index contributed by atoms with van der Waals surface area (Å²) in [5.41, 5.74) is 0.948. The van der Waals surface area contributed by atoms with E-state index in [1.54, 1.807) is 18.2 Å². The summed E-state index contributed by atoms with van der Waals surface area (Å²) in [5, 5.41) is 9.79. The van der Waals surface area contributed by atoms with Gasteiger partial charge in [-0.05, 0) is 24.3 Å². The molecule has 0 amide bonds. The molecule has 2 aromatic rings. The SMILES string of the molecule is COc1ccc(OC)c(-c2cc(Cl)c(F)cc2O)c1. The maximum atomic E-state index is 13.3. The molecule has 0 aromatic heterocycles. The molecule has 0 saturated heterocycles. The number of methoxy groups -OCH3 is 2. The van der Waals surface area contributed by atoms with Crippen LogP contribution in [-0.2, 0) is 0 Å². The molecule has 19 heavy (non-hydrogen) atoms. The van der Waals surface area contributed by atoms with Crippen LogP contribution in [0, 0.1) is 5.82 Å². The van der Waals surface area contributed by atoms with Gasteiger partial charge >= 0.3 is 0 Å². The second-order valence-corrected chi connectivity index (χ2v) is 4.26. The molecule has 2 rings (SSSR count). The van der Waals surface area contributed by atoms with Crippen molar-refractivity contribution in [3.63, 3.8) is 0 Å². The standard InChI is InChI=1S/C14H12ClFO3/c1-18-8-3-4-14(19-2)10(5-8)9-6-11(15)12(16)7-13(9)17/h3-7,17H,1-2H3. The van der Waals surface area contributed by atoms with Crippen LogP contribution in [-0.4, -0.2) is 19.3 Å². The first-order valence-corrected chi connectivity index (χ1v) is 5.85. The van der Waals surface area contributed by atoms with Crippen LogP contribution in [0.3, 0.4) is 0 Å². The smallest absolute Gasteiger partial charge is 0.145 e. The zero-order valence-corrected chi connectivity index (χ0v) is 11.2. The lowest BCUT2D eigenvalue weighted by atomic mass is 10.0. The summed E-state index contributed by atoms with van der Waals surface area (Å²) < 4.78 is 23.6. The van der Waals surface area contributed by atoms with Gasteiger partial charge in [-0.2, -0.15) is 0 Å². The Labute approximate surface area is 115 Å². The predicted octanol–water partition coefficient (Wildman–Crippen LogP) is 3.87. The van der Waals surface area contributed by atoms with Crippen molar-refractivity contribution in [3.8, 4) is 28.4 Å². The molecule has 2 aromatic carbocycles. The number of hydrogen-bond acceptors (Lipinski definition) is 3. The molecule has 5 heteroatoms. The van der Waals surface area contributed by atoms with Gasteiger partial charge in [0.15, 0.2) is 0 Å². The van der Waals surface area contributed by atoms with Crippen LogP contribution >= 0.6 is 11.6 Å². The Hall–Kier alpha value is -1.94. The Kier molecular flexibility index (Phi) is 3.81. The molecule has 3 nitrogen and oxygen atoms in total. The third-order valence-electron chi connectivity index (χ3n) is 2.74. The van der Waals surface area contributed by atoms with E-state index in [0.717, 1.165) is 6.07 Å². The first-order valence-electron chi connectivity index (χ1n) is 5.47. The van der Waals surface area contributed by atoms with E-state index in [0.29, 0.717) is 22.6 Å². The highest BCUT2D eigenvalue weighted by Gasteiger charge is 2.14. The molecule has 0 spiro atoms. The maximum absolute atomic E-state index is 13.3. The zero-order chi connectivity index (χ0) is 14.0. The third kappa shape index (κ3) is 2.58. The fourth-order valence-electron chi connectivity index (χ4n) is 1.78. The first-order chi connectivity index (χ1) is 9.06. The Morgan fingerprint density at radius 1 is 1.05 bits per heavy atom. The summed E-state index contributed by atoms with van der Waals surface area (Å²) in [6.07, 6.45) is 0. The third-order valence-corrected chi connectivity index (χ3v) is 3.03. The van der Waals surface area contributed by atoms with Crippen molar-refractivity contribution in [2.24, 2.45) is 0 Å². The first kappa shape index (κ1) is 13.5. The van der Waals surface area contributed by atoms with Crippen LogP contribution < -0.4 is 9.47 Å². The van der Waals surface area contributed by atoms with Crippen molar-refractivity contribution in [2.45, 2.75) is 0 Å². The molecule has 100 valence electrons. The van der Waals surface area contributed by atoms with E-state index in [4.69, 9.17) is 21.1 Å². The lowest BCUT2D eigenvalue weighted by Crippen LogP contribution is -1.91. The van der Waals surface area contributed by atoms with Crippen LogP contribution in [0.25, 0.3) is 11.1 Å². The molecule has 0 saturated carbocycles. The Bertz CT molecular complexity index is 614. The number of phenolic OH excluding ortho intramolecular Hbond substituents is 1. The minimum Gasteiger partial charge on any atom is -0.507 e. The van der Waals surface area contributed by atoms with Crippen molar-refractivity contribution < 1.29 is 19.0 Å². The van der Waals surface area contributed by atoms with Gasteiger partial charge in [-0.15, -0.1) is 0 Å². The highest BCUT2D eigenvalue weighted by Crippen LogP contribution is 2.40. The number of phenols is 1. The summed E-state index contributed by atoms with van der Waals surface area (Å²) in [5.74, 6) is 0.229. The number of halogens is 2. The maximum Gasteiger partial charge on any atom is 0.145 e. The zero-order valence-electron chi connectivity index (χ0n) is 10.4. The average molecular weight is 283 g/mol. The molecule has 0 aliphatic rings. The summed E-state index contributed by atoms with van der Waals surface area (Å²) in [6, 6.07) is 7.43. The normalized spacial score (nSPS) is 10.3. The summed E-state index contributed by atoms with van der Waals surface area (Å²) in [7, 11) is 3.04. The van der Waals surface area contributed by atoms with Gasteiger partial charge in [0.05, 0.1) is 19.2 Å². The summed E-state index contributed by atoms with van der Waals surface area (Å²) in [4.78, 5) is 0. The Morgan fingerprint density at radius 2 is 1.79 bits per heavy atom. The number of hydrogen-bond donors (Lipinski definition) is 1. The summed E-state index contributed by atoms with van der Waals surface area (Å²) >= 11 is 5.75. The topological polar surface area (TPSA) is 38.7 Å². The van der Waals surface area contributed by atoms with Crippen molar-refractivity contribution in [2.75, 3.05) is 14.2 Å². The van der Waals surface area contributed by atoms with Crippen molar-refractivity contribution in [1.29, 1.82) is 0 Å². The van der Waals surface area contributed by atoms with E-state index in [-0.39, 0.29) is 10.8 Å². The minimum atomic E-state index is -0.676. The van der Waals surface area contributed by atoms with Crippen LogP contribution in [0.2, 0.25) is 5.02 Å². The molecule has 0 bridgehead atoms. The van der Waals surface area contributed by atoms with Gasteiger partial charge in [-0.25, -0.2) is 4.39 Å². The summed E-state index contributed by atoms with van der Waals surface area (Å²) in [6.45, 7) is 0. The molecule has 0 radical (unpaired) electrons. The predicted molar refractivity (Wildman–Crippen MR) is 71.6 cm³/mol. The number of aromatic hydroxyl groups is 1. The number of rotatable bonds is 3. The number of ether oxygens (including phenoxy) is 2. The highest BCUT2D eigenvalue weighted by molar-refractivity contribution is 6.31. The Balaban J connectivity index is 2.66. The quantitative estimate of drug-likeness (QED) is 0.929.